The van der Waals surface area contributed by atoms with Crippen LogP contribution in [0.3, 0.4) is 0 Å². The molecule has 0 aliphatic carbocycles. The molecular formula is C13H8BrF2NO. The fraction of sp³-hybridized carbons (Fsp3) is 0.0769. The van der Waals surface area contributed by atoms with Crippen molar-refractivity contribution in [1.82, 2.24) is 4.98 Å². The van der Waals surface area contributed by atoms with Gasteiger partial charge in [0, 0.05) is 10.9 Å². The molecular weight excluding hydrogens is 304 g/mol. The Morgan fingerprint density at radius 3 is 2.67 bits per heavy atom. The lowest BCUT2D eigenvalue weighted by Gasteiger charge is -2.03. The minimum atomic E-state index is -0.514. The summed E-state index contributed by atoms with van der Waals surface area (Å²) in [6, 6.07) is 6.81. The fourth-order valence-electron chi connectivity index (χ4n) is 1.48. The highest BCUT2D eigenvalue weighted by atomic mass is 79.9. The Bertz CT molecular complexity index is 584. The van der Waals surface area contributed by atoms with Gasteiger partial charge in [-0.15, -0.1) is 0 Å². The molecule has 2 nitrogen and oxygen atoms in total. The number of nitrogens with zero attached hydrogens (tertiary/aromatic N) is 1. The number of Topliss-reactive ketones (excluding diaryl/α,β-unsaturated/α-hetero) is 1. The number of benzene rings is 1. The van der Waals surface area contributed by atoms with E-state index in [2.05, 4.69) is 20.9 Å². The summed E-state index contributed by atoms with van der Waals surface area (Å²) in [6.07, 6.45) is 0.856. The summed E-state index contributed by atoms with van der Waals surface area (Å²) in [7, 11) is 0. The summed E-state index contributed by atoms with van der Waals surface area (Å²) in [5.41, 5.74) is 0.399. The van der Waals surface area contributed by atoms with E-state index in [0.29, 0.717) is 4.47 Å². The summed E-state index contributed by atoms with van der Waals surface area (Å²) >= 11 is 3.21. The highest BCUT2D eigenvalue weighted by Gasteiger charge is 2.12. The van der Waals surface area contributed by atoms with E-state index in [1.165, 1.54) is 18.2 Å². The summed E-state index contributed by atoms with van der Waals surface area (Å²) in [6.45, 7) is 0. The smallest absolute Gasteiger partial charge is 0.185 e. The van der Waals surface area contributed by atoms with Crippen molar-refractivity contribution in [2.75, 3.05) is 0 Å². The summed E-state index contributed by atoms with van der Waals surface area (Å²) in [4.78, 5) is 15.5. The minimum absolute atomic E-state index is 0.107. The van der Waals surface area contributed by atoms with E-state index >= 15 is 0 Å². The lowest BCUT2D eigenvalue weighted by molar-refractivity contribution is 0.0987. The van der Waals surface area contributed by atoms with Crippen molar-refractivity contribution in [2.24, 2.45) is 0 Å². The maximum atomic E-state index is 13.5. The molecule has 0 aliphatic rings. The fourth-order valence-corrected chi connectivity index (χ4v) is 1.89. The van der Waals surface area contributed by atoms with Gasteiger partial charge in [-0.1, -0.05) is 15.9 Å². The second-order valence-corrected chi connectivity index (χ2v) is 4.61. The van der Waals surface area contributed by atoms with E-state index in [-0.39, 0.29) is 23.5 Å². The van der Waals surface area contributed by atoms with Crippen molar-refractivity contribution in [2.45, 2.75) is 6.42 Å². The van der Waals surface area contributed by atoms with Crippen molar-refractivity contribution in [3.63, 3.8) is 0 Å². The molecule has 0 spiro atoms. The topological polar surface area (TPSA) is 30.0 Å². The molecule has 2 rings (SSSR count). The third kappa shape index (κ3) is 2.98. The van der Waals surface area contributed by atoms with Gasteiger partial charge in [0.2, 0.25) is 0 Å². The van der Waals surface area contributed by atoms with Gasteiger partial charge >= 0.3 is 0 Å². The third-order valence-corrected chi connectivity index (χ3v) is 2.87. The second-order valence-electron chi connectivity index (χ2n) is 3.70. The largest absolute Gasteiger partial charge is 0.292 e. The van der Waals surface area contributed by atoms with E-state index in [1.807, 2.05) is 0 Å². The number of carbonyl (C=O) groups excluding carboxylic acids is 1. The molecule has 0 aliphatic heterocycles. The van der Waals surface area contributed by atoms with E-state index in [9.17, 15) is 13.6 Å². The van der Waals surface area contributed by atoms with Crippen LogP contribution in [0, 0.1) is 11.6 Å². The standard InChI is InChI=1S/C13H8BrF2NO/c14-9-1-3-11(16)8(5-9)6-13(18)12-4-2-10(15)7-17-12/h1-5,7H,6H2. The molecule has 0 bridgehead atoms. The predicted molar refractivity (Wildman–Crippen MR) is 66.3 cm³/mol. The van der Waals surface area contributed by atoms with Crippen LogP contribution in [-0.4, -0.2) is 10.8 Å². The first kappa shape index (κ1) is 12.8. The molecule has 0 amide bonds. The SMILES string of the molecule is O=C(Cc1cc(Br)ccc1F)c1ccc(F)cn1. The quantitative estimate of drug-likeness (QED) is 0.811. The molecule has 5 heteroatoms. The van der Waals surface area contributed by atoms with Crippen molar-refractivity contribution < 1.29 is 13.6 Å². The number of hydrogen-bond donors (Lipinski definition) is 0. The number of rotatable bonds is 3. The monoisotopic (exact) mass is 311 g/mol. The molecule has 0 N–H and O–H groups in total. The molecule has 0 radical (unpaired) electrons. The van der Waals surface area contributed by atoms with Gasteiger partial charge < -0.3 is 0 Å². The van der Waals surface area contributed by atoms with Crippen LogP contribution in [0.5, 0.6) is 0 Å². The molecule has 0 saturated heterocycles. The van der Waals surface area contributed by atoms with E-state index < -0.39 is 11.6 Å². The first-order valence-corrected chi connectivity index (χ1v) is 5.94. The Morgan fingerprint density at radius 1 is 1.22 bits per heavy atom. The predicted octanol–water partition coefficient (Wildman–Crippen LogP) is 3.55. The molecule has 1 heterocycles. The van der Waals surface area contributed by atoms with Gasteiger partial charge in [-0.2, -0.15) is 0 Å². The Balaban J connectivity index is 2.21. The molecule has 1 aromatic heterocycles. The summed E-state index contributed by atoms with van der Waals surface area (Å²) < 4.78 is 26.8. The average Bonchev–Trinajstić information content (AvgIpc) is 2.34. The van der Waals surface area contributed by atoms with Crippen LogP contribution in [0.15, 0.2) is 41.0 Å². The van der Waals surface area contributed by atoms with Crippen molar-refractivity contribution in [1.29, 1.82) is 0 Å². The Kier molecular flexibility index (Phi) is 3.81. The maximum Gasteiger partial charge on any atom is 0.185 e. The first-order valence-electron chi connectivity index (χ1n) is 5.15. The van der Waals surface area contributed by atoms with Gasteiger partial charge in [0.1, 0.15) is 17.3 Å². The van der Waals surface area contributed by atoms with Crippen LogP contribution in [0.25, 0.3) is 0 Å². The molecule has 0 fully saturated rings. The van der Waals surface area contributed by atoms with Crippen LogP contribution >= 0.6 is 15.9 Å². The van der Waals surface area contributed by atoms with Crippen LogP contribution < -0.4 is 0 Å². The van der Waals surface area contributed by atoms with Gasteiger partial charge in [-0.05, 0) is 35.9 Å². The lowest BCUT2D eigenvalue weighted by atomic mass is 10.1. The highest BCUT2D eigenvalue weighted by Crippen LogP contribution is 2.17. The second kappa shape index (κ2) is 5.35. The number of hydrogen-bond acceptors (Lipinski definition) is 2. The number of ketones is 1. The first-order chi connectivity index (χ1) is 8.56. The van der Waals surface area contributed by atoms with E-state index in [0.717, 1.165) is 12.3 Å². The molecule has 0 unspecified atom stereocenters. The maximum absolute atomic E-state index is 13.5. The van der Waals surface area contributed by atoms with Gasteiger partial charge in [0.05, 0.1) is 6.20 Å². The normalized spacial score (nSPS) is 10.4. The van der Waals surface area contributed by atoms with Gasteiger partial charge in [-0.25, -0.2) is 8.78 Å². The van der Waals surface area contributed by atoms with Gasteiger partial charge in [0.15, 0.2) is 5.78 Å². The van der Waals surface area contributed by atoms with Crippen molar-refractivity contribution in [3.8, 4) is 0 Å². The molecule has 2 aromatic rings. The van der Waals surface area contributed by atoms with E-state index in [4.69, 9.17) is 0 Å². The third-order valence-electron chi connectivity index (χ3n) is 2.37. The number of halogens is 3. The molecule has 0 saturated carbocycles. The average molecular weight is 312 g/mol. The summed E-state index contributed by atoms with van der Waals surface area (Å²) in [5, 5.41) is 0. The summed E-state index contributed by atoms with van der Waals surface area (Å²) in [5.74, 6) is -1.32. The van der Waals surface area contributed by atoms with Crippen LogP contribution in [0.2, 0.25) is 0 Å². The Labute approximate surface area is 111 Å². The molecule has 1 aromatic carbocycles. The molecule has 0 atom stereocenters. The Hall–Kier alpha value is -1.62. The van der Waals surface area contributed by atoms with E-state index in [1.54, 1.807) is 6.07 Å². The zero-order valence-electron chi connectivity index (χ0n) is 9.16. The van der Waals surface area contributed by atoms with Crippen LogP contribution in [0.4, 0.5) is 8.78 Å². The number of aromatic nitrogens is 1. The van der Waals surface area contributed by atoms with Gasteiger partial charge in [0.25, 0.3) is 0 Å². The van der Waals surface area contributed by atoms with Crippen molar-refractivity contribution >= 4 is 21.7 Å². The highest BCUT2D eigenvalue weighted by molar-refractivity contribution is 9.10. The molecule has 92 valence electrons. The van der Waals surface area contributed by atoms with Crippen LogP contribution in [0.1, 0.15) is 16.1 Å². The molecule has 18 heavy (non-hydrogen) atoms. The lowest BCUT2D eigenvalue weighted by Crippen LogP contribution is -2.07. The van der Waals surface area contributed by atoms with Gasteiger partial charge in [-0.3, -0.25) is 9.78 Å². The zero-order valence-corrected chi connectivity index (χ0v) is 10.7. The Morgan fingerprint density at radius 2 is 2.00 bits per heavy atom. The minimum Gasteiger partial charge on any atom is -0.292 e. The number of carbonyl (C=O) groups is 1. The van der Waals surface area contributed by atoms with Crippen LogP contribution in [-0.2, 0) is 6.42 Å². The van der Waals surface area contributed by atoms with Crippen molar-refractivity contribution in [3.05, 3.63) is 63.9 Å². The zero-order chi connectivity index (χ0) is 13.1. The number of pyridine rings is 1.